The van der Waals surface area contributed by atoms with Crippen LogP contribution in [0.25, 0.3) is 0 Å². The molecule has 0 saturated carbocycles. The molecule has 0 aromatic rings. The predicted octanol–water partition coefficient (Wildman–Crippen LogP) is 1.35. The molecule has 3 N–H and O–H groups in total. The second-order valence-electron chi connectivity index (χ2n) is 5.62. The molecular weight excluding hydrogens is 226 g/mol. The van der Waals surface area contributed by atoms with Crippen molar-refractivity contribution in [2.24, 2.45) is 11.7 Å². The summed E-state index contributed by atoms with van der Waals surface area (Å²) in [4.78, 5) is 14.4. The largest absolute Gasteiger partial charge is 0.352 e. The number of amides is 1. The van der Waals surface area contributed by atoms with Crippen LogP contribution < -0.4 is 11.1 Å². The monoisotopic (exact) mass is 255 g/mol. The summed E-state index contributed by atoms with van der Waals surface area (Å²) in [5, 5.41) is 3.12. The summed E-state index contributed by atoms with van der Waals surface area (Å²) < 4.78 is 0. The highest BCUT2D eigenvalue weighted by molar-refractivity contribution is 5.81. The molecule has 1 saturated heterocycles. The Balaban J connectivity index is 2.48. The number of carbonyl (C=O) groups excluding carboxylic acids is 1. The van der Waals surface area contributed by atoms with Crippen molar-refractivity contribution in [3.63, 3.8) is 0 Å². The first-order valence-electron chi connectivity index (χ1n) is 7.29. The van der Waals surface area contributed by atoms with Crippen LogP contribution in [0.5, 0.6) is 0 Å². The van der Waals surface area contributed by atoms with Crippen LogP contribution in [-0.2, 0) is 4.79 Å². The topological polar surface area (TPSA) is 58.4 Å². The van der Waals surface area contributed by atoms with Gasteiger partial charge in [0.2, 0.25) is 5.91 Å². The smallest absolute Gasteiger partial charge is 0.237 e. The van der Waals surface area contributed by atoms with Crippen LogP contribution in [-0.4, -0.2) is 42.0 Å². The fraction of sp³-hybridized carbons (Fsp3) is 0.929. The molecular formula is C14H29N3O. The molecule has 18 heavy (non-hydrogen) atoms. The van der Waals surface area contributed by atoms with Crippen molar-refractivity contribution in [1.82, 2.24) is 10.2 Å². The number of nitrogens with zero attached hydrogens (tertiary/aromatic N) is 1. The van der Waals surface area contributed by atoms with E-state index in [0.717, 1.165) is 32.4 Å². The summed E-state index contributed by atoms with van der Waals surface area (Å²) in [6, 6.07) is 0.434. The van der Waals surface area contributed by atoms with E-state index < -0.39 is 0 Å². The maximum atomic E-state index is 12.2. The molecule has 4 nitrogen and oxygen atoms in total. The summed E-state index contributed by atoms with van der Waals surface area (Å²) in [7, 11) is 0. The van der Waals surface area contributed by atoms with E-state index in [1.54, 1.807) is 0 Å². The van der Waals surface area contributed by atoms with E-state index in [4.69, 9.17) is 5.73 Å². The molecule has 3 unspecified atom stereocenters. The minimum atomic E-state index is -0.0656. The Hall–Kier alpha value is -0.610. The van der Waals surface area contributed by atoms with Crippen LogP contribution in [0.2, 0.25) is 0 Å². The molecule has 0 radical (unpaired) electrons. The SMILES string of the molecule is CCC(CC)NC(=O)C(C)N1CCC(C)C(N)C1. The van der Waals surface area contributed by atoms with Gasteiger partial charge in [-0.15, -0.1) is 0 Å². The first-order chi connectivity index (χ1) is 8.49. The molecule has 0 spiro atoms. The van der Waals surface area contributed by atoms with Crippen LogP contribution in [0.3, 0.4) is 0 Å². The summed E-state index contributed by atoms with van der Waals surface area (Å²) in [6.07, 6.45) is 3.07. The number of hydrogen-bond donors (Lipinski definition) is 2. The van der Waals surface area contributed by atoms with Crippen molar-refractivity contribution < 1.29 is 4.79 Å². The molecule has 1 aliphatic rings. The van der Waals surface area contributed by atoms with E-state index in [1.165, 1.54) is 0 Å². The Bertz CT molecular complexity index is 266. The predicted molar refractivity (Wildman–Crippen MR) is 75.3 cm³/mol. The fourth-order valence-electron chi connectivity index (χ4n) is 2.46. The van der Waals surface area contributed by atoms with Crippen molar-refractivity contribution >= 4 is 5.91 Å². The second-order valence-corrected chi connectivity index (χ2v) is 5.62. The molecule has 1 heterocycles. The zero-order chi connectivity index (χ0) is 13.7. The van der Waals surface area contributed by atoms with Gasteiger partial charge in [0.25, 0.3) is 0 Å². The van der Waals surface area contributed by atoms with Gasteiger partial charge in [0.1, 0.15) is 0 Å². The van der Waals surface area contributed by atoms with Gasteiger partial charge in [-0.1, -0.05) is 20.8 Å². The third-order valence-electron chi connectivity index (χ3n) is 4.31. The zero-order valence-electron chi connectivity index (χ0n) is 12.3. The number of likely N-dealkylation sites (tertiary alicyclic amines) is 1. The molecule has 0 bridgehead atoms. The van der Waals surface area contributed by atoms with Crippen molar-refractivity contribution in [1.29, 1.82) is 0 Å². The number of piperidine rings is 1. The third-order valence-corrected chi connectivity index (χ3v) is 4.31. The summed E-state index contributed by atoms with van der Waals surface area (Å²) >= 11 is 0. The minimum absolute atomic E-state index is 0.0656. The van der Waals surface area contributed by atoms with E-state index in [-0.39, 0.29) is 18.0 Å². The molecule has 0 aromatic heterocycles. The molecule has 3 atom stereocenters. The lowest BCUT2D eigenvalue weighted by Crippen LogP contribution is -2.55. The Morgan fingerprint density at radius 3 is 2.56 bits per heavy atom. The highest BCUT2D eigenvalue weighted by atomic mass is 16.2. The third kappa shape index (κ3) is 3.95. The number of nitrogens with one attached hydrogen (secondary N) is 1. The van der Waals surface area contributed by atoms with Gasteiger partial charge >= 0.3 is 0 Å². The van der Waals surface area contributed by atoms with Gasteiger partial charge in [-0.2, -0.15) is 0 Å². The fourth-order valence-corrected chi connectivity index (χ4v) is 2.46. The first-order valence-corrected chi connectivity index (χ1v) is 7.29. The minimum Gasteiger partial charge on any atom is -0.352 e. The highest BCUT2D eigenvalue weighted by Gasteiger charge is 2.29. The van der Waals surface area contributed by atoms with Crippen LogP contribution in [0.15, 0.2) is 0 Å². The van der Waals surface area contributed by atoms with Gasteiger partial charge in [0.05, 0.1) is 6.04 Å². The van der Waals surface area contributed by atoms with Gasteiger partial charge in [-0.3, -0.25) is 9.69 Å². The molecule has 106 valence electrons. The molecule has 0 aliphatic carbocycles. The average Bonchev–Trinajstić information content (AvgIpc) is 2.38. The average molecular weight is 255 g/mol. The van der Waals surface area contributed by atoms with Crippen LogP contribution >= 0.6 is 0 Å². The standard InChI is InChI=1S/C14H29N3O/c1-5-12(6-2)16-14(18)11(4)17-8-7-10(3)13(15)9-17/h10-13H,5-9,15H2,1-4H3,(H,16,18). The van der Waals surface area contributed by atoms with E-state index in [0.29, 0.717) is 12.0 Å². The number of rotatable bonds is 5. The second kappa shape index (κ2) is 7.10. The molecule has 1 amide bonds. The van der Waals surface area contributed by atoms with Gasteiger partial charge in [-0.05, 0) is 38.6 Å². The Labute approximate surface area is 111 Å². The lowest BCUT2D eigenvalue weighted by Gasteiger charge is -2.38. The maximum absolute atomic E-state index is 12.2. The quantitative estimate of drug-likeness (QED) is 0.779. The zero-order valence-corrected chi connectivity index (χ0v) is 12.3. The Morgan fingerprint density at radius 1 is 1.44 bits per heavy atom. The Kier molecular flexibility index (Phi) is 6.09. The lowest BCUT2D eigenvalue weighted by molar-refractivity contribution is -0.127. The van der Waals surface area contributed by atoms with Gasteiger partial charge in [0, 0.05) is 18.6 Å². The number of nitrogens with two attached hydrogens (primary N) is 1. The van der Waals surface area contributed by atoms with Crippen LogP contribution in [0.4, 0.5) is 0 Å². The lowest BCUT2D eigenvalue weighted by atomic mass is 9.93. The molecule has 4 heteroatoms. The van der Waals surface area contributed by atoms with Crippen LogP contribution in [0, 0.1) is 5.92 Å². The highest BCUT2D eigenvalue weighted by Crippen LogP contribution is 2.17. The van der Waals surface area contributed by atoms with Crippen molar-refractivity contribution in [3.05, 3.63) is 0 Å². The van der Waals surface area contributed by atoms with E-state index in [2.05, 4.69) is 31.0 Å². The van der Waals surface area contributed by atoms with Gasteiger partial charge < -0.3 is 11.1 Å². The Morgan fingerprint density at radius 2 is 2.06 bits per heavy atom. The first kappa shape index (κ1) is 15.4. The molecule has 1 fully saturated rings. The van der Waals surface area contributed by atoms with Crippen LogP contribution in [0.1, 0.15) is 47.0 Å². The summed E-state index contributed by atoms with van der Waals surface area (Å²) in [5.74, 6) is 0.709. The van der Waals surface area contributed by atoms with E-state index in [9.17, 15) is 4.79 Å². The normalized spacial score (nSPS) is 27.2. The summed E-state index contributed by atoms with van der Waals surface area (Å²) in [6.45, 7) is 10.2. The van der Waals surface area contributed by atoms with Gasteiger partial charge in [-0.25, -0.2) is 0 Å². The molecule has 1 aliphatic heterocycles. The van der Waals surface area contributed by atoms with Crippen molar-refractivity contribution in [2.75, 3.05) is 13.1 Å². The maximum Gasteiger partial charge on any atom is 0.237 e. The van der Waals surface area contributed by atoms with E-state index in [1.807, 2.05) is 6.92 Å². The van der Waals surface area contributed by atoms with Crippen molar-refractivity contribution in [3.8, 4) is 0 Å². The van der Waals surface area contributed by atoms with Gasteiger partial charge in [0.15, 0.2) is 0 Å². The number of carbonyl (C=O) groups is 1. The molecule has 0 aromatic carbocycles. The summed E-state index contributed by atoms with van der Waals surface area (Å²) in [5.41, 5.74) is 6.09. The van der Waals surface area contributed by atoms with E-state index >= 15 is 0 Å². The van der Waals surface area contributed by atoms with Crippen molar-refractivity contribution in [2.45, 2.75) is 65.1 Å². The number of hydrogen-bond acceptors (Lipinski definition) is 3. The molecule has 1 rings (SSSR count).